The average Bonchev–Trinajstić information content (AvgIpc) is 2.46. The number of nitrogens with zero attached hydrogens (tertiary/aromatic N) is 1. The zero-order valence-corrected chi connectivity index (χ0v) is 12.7. The van der Waals surface area contributed by atoms with Crippen LogP contribution in [0.4, 0.5) is 0 Å². The molecule has 0 bridgehead atoms. The summed E-state index contributed by atoms with van der Waals surface area (Å²) in [7, 11) is 3.60. The second-order valence-electron chi connectivity index (χ2n) is 4.76. The Morgan fingerprint density at radius 3 is 2.70 bits per heavy atom. The molecule has 106 valence electrons. The third kappa shape index (κ3) is 3.50. The fourth-order valence-electron chi connectivity index (χ4n) is 2.17. The molecule has 0 aliphatic heterocycles. The van der Waals surface area contributed by atoms with Gasteiger partial charge in [-0.2, -0.15) is 0 Å². The lowest BCUT2D eigenvalue weighted by atomic mass is 10.0. The monoisotopic (exact) mass is 290 g/mol. The van der Waals surface area contributed by atoms with Crippen molar-refractivity contribution in [1.82, 2.24) is 10.3 Å². The maximum Gasteiger partial charge on any atom is 0.123 e. The van der Waals surface area contributed by atoms with Gasteiger partial charge in [0.05, 0.1) is 7.11 Å². The maximum atomic E-state index is 6.10. The molecule has 2 aromatic rings. The molecule has 0 amide bonds. The van der Waals surface area contributed by atoms with Gasteiger partial charge in [-0.1, -0.05) is 17.7 Å². The van der Waals surface area contributed by atoms with Crippen molar-refractivity contribution in [3.05, 3.63) is 58.4 Å². The topological polar surface area (TPSA) is 34.2 Å². The summed E-state index contributed by atoms with van der Waals surface area (Å²) in [5.74, 6) is 0.834. The van der Waals surface area contributed by atoms with E-state index in [1.165, 1.54) is 0 Å². The van der Waals surface area contributed by atoms with Gasteiger partial charge in [0, 0.05) is 34.9 Å². The number of nitrogens with one attached hydrogen (secondary N) is 1. The van der Waals surface area contributed by atoms with Crippen molar-refractivity contribution in [3.8, 4) is 5.75 Å². The van der Waals surface area contributed by atoms with E-state index in [0.29, 0.717) is 5.02 Å². The van der Waals surface area contributed by atoms with Gasteiger partial charge >= 0.3 is 0 Å². The lowest BCUT2D eigenvalue weighted by molar-refractivity contribution is 0.401. The van der Waals surface area contributed by atoms with E-state index in [1.54, 1.807) is 7.11 Å². The van der Waals surface area contributed by atoms with Gasteiger partial charge in [0.1, 0.15) is 5.75 Å². The summed E-state index contributed by atoms with van der Waals surface area (Å²) in [6.07, 6.45) is 2.67. The number of ether oxygens (including phenoxy) is 1. The molecule has 1 aromatic carbocycles. The van der Waals surface area contributed by atoms with Crippen molar-refractivity contribution in [1.29, 1.82) is 0 Å². The predicted molar refractivity (Wildman–Crippen MR) is 82.5 cm³/mol. The quantitative estimate of drug-likeness (QED) is 0.914. The smallest absolute Gasteiger partial charge is 0.123 e. The van der Waals surface area contributed by atoms with Crippen molar-refractivity contribution in [3.63, 3.8) is 0 Å². The highest BCUT2D eigenvalue weighted by molar-refractivity contribution is 6.30. The average molecular weight is 291 g/mol. The molecule has 1 aromatic heterocycles. The number of hydrogen-bond acceptors (Lipinski definition) is 3. The number of aromatic nitrogens is 1. The molecule has 1 unspecified atom stereocenters. The van der Waals surface area contributed by atoms with Crippen LogP contribution in [0.25, 0.3) is 0 Å². The Morgan fingerprint density at radius 1 is 1.30 bits per heavy atom. The van der Waals surface area contributed by atoms with Crippen LogP contribution in [0.1, 0.15) is 22.9 Å². The second-order valence-corrected chi connectivity index (χ2v) is 5.19. The lowest BCUT2D eigenvalue weighted by Crippen LogP contribution is -2.20. The van der Waals surface area contributed by atoms with Crippen molar-refractivity contribution in [2.75, 3.05) is 14.2 Å². The number of pyridine rings is 1. The van der Waals surface area contributed by atoms with Gasteiger partial charge in [0.15, 0.2) is 0 Å². The third-order valence-corrected chi connectivity index (χ3v) is 3.54. The van der Waals surface area contributed by atoms with Crippen molar-refractivity contribution in [2.24, 2.45) is 0 Å². The maximum absolute atomic E-state index is 6.10. The van der Waals surface area contributed by atoms with Gasteiger partial charge in [-0.15, -0.1) is 0 Å². The van der Waals surface area contributed by atoms with Gasteiger partial charge in [0.25, 0.3) is 0 Å². The molecular weight excluding hydrogens is 272 g/mol. The summed E-state index contributed by atoms with van der Waals surface area (Å²) in [5, 5.41) is 4.01. The Bertz CT molecular complexity index is 569. The number of rotatable bonds is 5. The zero-order valence-electron chi connectivity index (χ0n) is 12.0. The predicted octanol–water partition coefficient (Wildman–Crippen LogP) is 3.56. The highest BCUT2D eigenvalue weighted by Crippen LogP contribution is 2.29. The number of aryl methyl sites for hydroxylation is 1. The molecule has 0 spiro atoms. The first kappa shape index (κ1) is 14.8. The summed E-state index contributed by atoms with van der Waals surface area (Å²) >= 11 is 6.10. The van der Waals surface area contributed by atoms with Gasteiger partial charge in [0.2, 0.25) is 0 Å². The first-order valence-electron chi connectivity index (χ1n) is 6.56. The Labute approximate surface area is 124 Å². The highest BCUT2D eigenvalue weighted by atomic mass is 35.5. The Kier molecular flexibility index (Phi) is 4.99. The van der Waals surface area contributed by atoms with E-state index in [2.05, 4.69) is 22.4 Å². The molecule has 0 aliphatic rings. The van der Waals surface area contributed by atoms with Gasteiger partial charge < -0.3 is 10.1 Å². The van der Waals surface area contributed by atoms with Gasteiger partial charge in [-0.3, -0.25) is 4.98 Å². The van der Waals surface area contributed by atoms with E-state index in [-0.39, 0.29) is 6.04 Å². The van der Waals surface area contributed by atoms with Gasteiger partial charge in [-0.25, -0.2) is 0 Å². The molecule has 1 N–H and O–H groups in total. The van der Waals surface area contributed by atoms with E-state index in [4.69, 9.17) is 16.3 Å². The van der Waals surface area contributed by atoms with Crippen LogP contribution in [0.2, 0.25) is 5.02 Å². The summed E-state index contributed by atoms with van der Waals surface area (Å²) in [6, 6.07) is 9.90. The minimum Gasteiger partial charge on any atom is -0.496 e. The van der Waals surface area contributed by atoms with Crippen LogP contribution >= 0.6 is 11.6 Å². The molecule has 0 aliphatic carbocycles. The number of halogens is 1. The lowest BCUT2D eigenvalue weighted by Gasteiger charge is -2.19. The van der Waals surface area contributed by atoms with Crippen LogP contribution in [0.3, 0.4) is 0 Å². The van der Waals surface area contributed by atoms with Crippen LogP contribution in [0.5, 0.6) is 5.75 Å². The summed E-state index contributed by atoms with van der Waals surface area (Å²) in [6.45, 7) is 2.03. The second kappa shape index (κ2) is 6.73. The molecule has 20 heavy (non-hydrogen) atoms. The minimum absolute atomic E-state index is 0.110. The summed E-state index contributed by atoms with van der Waals surface area (Å²) in [4.78, 5) is 4.46. The van der Waals surface area contributed by atoms with Crippen molar-refractivity contribution < 1.29 is 4.74 Å². The zero-order chi connectivity index (χ0) is 14.5. The van der Waals surface area contributed by atoms with Crippen LogP contribution < -0.4 is 10.1 Å². The molecular formula is C16H19ClN2O. The number of methoxy groups -OCH3 is 1. The molecule has 3 nitrogen and oxygen atoms in total. The fourth-order valence-corrected chi connectivity index (χ4v) is 2.35. The van der Waals surface area contributed by atoms with E-state index in [9.17, 15) is 0 Å². The minimum atomic E-state index is 0.110. The third-order valence-electron chi connectivity index (χ3n) is 3.30. The largest absolute Gasteiger partial charge is 0.496 e. The molecule has 2 rings (SSSR count). The van der Waals surface area contributed by atoms with Gasteiger partial charge in [-0.05, 0) is 43.8 Å². The van der Waals surface area contributed by atoms with Crippen LogP contribution in [-0.4, -0.2) is 19.1 Å². The molecule has 0 fully saturated rings. The molecule has 0 saturated carbocycles. The van der Waals surface area contributed by atoms with E-state index in [1.807, 2.05) is 38.4 Å². The Hall–Kier alpha value is -1.58. The van der Waals surface area contributed by atoms with Crippen LogP contribution in [0.15, 0.2) is 36.5 Å². The van der Waals surface area contributed by atoms with Crippen molar-refractivity contribution >= 4 is 11.6 Å². The Balaban J connectivity index is 2.28. The summed E-state index contributed by atoms with van der Waals surface area (Å²) in [5.41, 5.74) is 3.25. The first-order chi connectivity index (χ1) is 9.63. The first-order valence-corrected chi connectivity index (χ1v) is 6.94. The SMILES string of the molecule is CNC(Cc1ccc(C)cn1)c1cc(Cl)ccc1OC. The summed E-state index contributed by atoms with van der Waals surface area (Å²) < 4.78 is 5.42. The van der Waals surface area contributed by atoms with E-state index >= 15 is 0 Å². The van der Waals surface area contributed by atoms with Crippen LogP contribution in [0, 0.1) is 6.92 Å². The number of benzene rings is 1. The number of hydrogen-bond donors (Lipinski definition) is 1. The van der Waals surface area contributed by atoms with E-state index < -0.39 is 0 Å². The standard InChI is InChI=1S/C16H19ClN2O/c1-11-4-6-13(19-10-11)9-15(18-2)14-8-12(17)5-7-16(14)20-3/h4-8,10,15,18H,9H2,1-3H3. The molecule has 1 heterocycles. The normalized spacial score (nSPS) is 12.2. The fraction of sp³-hybridized carbons (Fsp3) is 0.312. The molecule has 1 atom stereocenters. The Morgan fingerprint density at radius 2 is 2.10 bits per heavy atom. The van der Waals surface area contributed by atoms with Crippen LogP contribution in [-0.2, 0) is 6.42 Å². The molecule has 0 radical (unpaired) electrons. The van der Waals surface area contributed by atoms with E-state index in [0.717, 1.165) is 29.0 Å². The highest BCUT2D eigenvalue weighted by Gasteiger charge is 2.16. The molecule has 4 heteroatoms. The van der Waals surface area contributed by atoms with Crippen molar-refractivity contribution in [2.45, 2.75) is 19.4 Å². The molecule has 0 saturated heterocycles. The number of likely N-dealkylation sites (N-methyl/N-ethyl adjacent to an activating group) is 1.